The second-order valence-corrected chi connectivity index (χ2v) is 5.94. The number of aryl methyl sites for hydroxylation is 1. The lowest BCUT2D eigenvalue weighted by Gasteiger charge is -2.41. The Morgan fingerprint density at radius 3 is 2.67 bits per heavy atom. The molecule has 2 heterocycles. The zero-order valence-electron chi connectivity index (χ0n) is 13.3. The molecule has 0 radical (unpaired) electrons. The molecule has 0 atom stereocenters. The normalized spacial score (nSPS) is 17.2. The lowest BCUT2D eigenvalue weighted by atomic mass is 10.2. The van der Waals surface area contributed by atoms with Crippen LogP contribution < -0.4 is 4.90 Å². The molecule has 1 fully saturated rings. The SMILES string of the molecule is C/C=C/CN1CN(CC)CN(c2snc(CC)c2C)C1=O. The zero-order chi connectivity index (χ0) is 15.4. The Morgan fingerprint density at radius 1 is 1.33 bits per heavy atom. The quantitative estimate of drug-likeness (QED) is 0.785. The van der Waals surface area contributed by atoms with Crippen molar-refractivity contribution in [2.24, 2.45) is 0 Å². The highest BCUT2D eigenvalue weighted by atomic mass is 32.1. The first-order valence-electron chi connectivity index (χ1n) is 7.47. The van der Waals surface area contributed by atoms with Crippen molar-refractivity contribution >= 4 is 22.6 Å². The molecule has 5 nitrogen and oxygen atoms in total. The van der Waals surface area contributed by atoms with Gasteiger partial charge in [0.05, 0.1) is 19.0 Å². The van der Waals surface area contributed by atoms with E-state index in [1.807, 2.05) is 28.9 Å². The Balaban J connectivity index is 2.27. The molecule has 1 aromatic heterocycles. The van der Waals surface area contributed by atoms with Crippen LogP contribution in [0, 0.1) is 6.92 Å². The highest BCUT2D eigenvalue weighted by Crippen LogP contribution is 2.30. The molecule has 0 aromatic carbocycles. The van der Waals surface area contributed by atoms with Crippen molar-refractivity contribution in [1.82, 2.24) is 14.2 Å². The third kappa shape index (κ3) is 3.27. The maximum atomic E-state index is 12.7. The number of hydrogen-bond acceptors (Lipinski definition) is 4. The minimum atomic E-state index is 0.0761. The van der Waals surface area contributed by atoms with Crippen molar-refractivity contribution in [1.29, 1.82) is 0 Å². The van der Waals surface area contributed by atoms with Gasteiger partial charge < -0.3 is 4.90 Å². The van der Waals surface area contributed by atoms with Crippen molar-refractivity contribution in [3.05, 3.63) is 23.4 Å². The summed E-state index contributed by atoms with van der Waals surface area (Å²) in [6.45, 7) is 11.2. The van der Waals surface area contributed by atoms with Crippen LogP contribution in [0.1, 0.15) is 32.0 Å². The van der Waals surface area contributed by atoms with Crippen LogP contribution in [0.4, 0.5) is 9.80 Å². The van der Waals surface area contributed by atoms with Crippen molar-refractivity contribution in [2.75, 3.05) is 31.3 Å². The van der Waals surface area contributed by atoms with E-state index in [4.69, 9.17) is 0 Å². The second kappa shape index (κ2) is 7.04. The summed E-state index contributed by atoms with van der Waals surface area (Å²) < 4.78 is 4.48. The maximum absolute atomic E-state index is 12.7. The van der Waals surface area contributed by atoms with Crippen LogP contribution in [-0.2, 0) is 6.42 Å². The third-order valence-corrected chi connectivity index (χ3v) is 4.81. The van der Waals surface area contributed by atoms with E-state index in [0.717, 1.165) is 29.2 Å². The van der Waals surface area contributed by atoms with Crippen molar-refractivity contribution < 1.29 is 4.79 Å². The number of carbonyl (C=O) groups is 1. The number of allylic oxidation sites excluding steroid dienone is 1. The predicted octanol–water partition coefficient (Wildman–Crippen LogP) is 3.07. The average Bonchev–Trinajstić information content (AvgIpc) is 2.87. The first-order valence-corrected chi connectivity index (χ1v) is 8.24. The fourth-order valence-corrected chi connectivity index (χ4v) is 3.39. The summed E-state index contributed by atoms with van der Waals surface area (Å²) in [6, 6.07) is 0.0761. The average molecular weight is 308 g/mol. The molecule has 0 bridgehead atoms. The fourth-order valence-electron chi connectivity index (χ4n) is 2.44. The van der Waals surface area contributed by atoms with Gasteiger partial charge in [0.15, 0.2) is 0 Å². The molecule has 1 aliphatic heterocycles. The fraction of sp³-hybridized carbons (Fsp3) is 0.600. The molecule has 2 amide bonds. The molecule has 0 N–H and O–H groups in total. The van der Waals surface area contributed by atoms with Crippen LogP contribution in [0.15, 0.2) is 12.2 Å². The van der Waals surface area contributed by atoms with Gasteiger partial charge >= 0.3 is 6.03 Å². The van der Waals surface area contributed by atoms with E-state index in [9.17, 15) is 4.79 Å². The number of hydrogen-bond donors (Lipinski definition) is 0. The molecule has 21 heavy (non-hydrogen) atoms. The van der Waals surface area contributed by atoms with Gasteiger partial charge in [0, 0.05) is 12.1 Å². The molecular formula is C15H24N4OS. The number of nitrogens with zero attached hydrogens (tertiary/aromatic N) is 4. The Hall–Kier alpha value is -1.40. The lowest BCUT2D eigenvalue weighted by Crippen LogP contribution is -2.58. The Labute approximate surface area is 131 Å². The van der Waals surface area contributed by atoms with E-state index in [2.05, 4.69) is 30.0 Å². The highest BCUT2D eigenvalue weighted by molar-refractivity contribution is 7.10. The van der Waals surface area contributed by atoms with E-state index in [1.165, 1.54) is 11.5 Å². The molecule has 0 spiro atoms. The monoisotopic (exact) mass is 308 g/mol. The summed E-state index contributed by atoms with van der Waals surface area (Å²) in [7, 11) is 0. The van der Waals surface area contributed by atoms with Crippen LogP contribution in [0.25, 0.3) is 0 Å². The lowest BCUT2D eigenvalue weighted by molar-refractivity contribution is 0.126. The largest absolute Gasteiger partial charge is 0.327 e. The van der Waals surface area contributed by atoms with Gasteiger partial charge in [0.2, 0.25) is 0 Å². The van der Waals surface area contributed by atoms with Gasteiger partial charge in [-0.1, -0.05) is 26.0 Å². The Bertz CT molecular complexity index is 526. The Kier molecular flexibility index (Phi) is 5.36. The molecule has 1 saturated heterocycles. The van der Waals surface area contributed by atoms with Gasteiger partial charge in [-0.25, -0.2) is 4.79 Å². The standard InChI is InChI=1S/C15H24N4OS/c1-5-8-9-18-10-17(7-3)11-19(15(18)20)14-12(4)13(6-2)16-21-14/h5,8H,6-7,9-11H2,1-4H3/b8-5+. The first kappa shape index (κ1) is 16.0. The summed E-state index contributed by atoms with van der Waals surface area (Å²) >= 11 is 1.43. The molecule has 116 valence electrons. The topological polar surface area (TPSA) is 39.7 Å². The van der Waals surface area contributed by atoms with Crippen molar-refractivity contribution in [2.45, 2.75) is 34.1 Å². The summed E-state index contributed by atoms with van der Waals surface area (Å²) in [5.74, 6) is 0. The molecule has 0 aliphatic carbocycles. The van der Waals surface area contributed by atoms with Crippen LogP contribution in [0.2, 0.25) is 0 Å². The van der Waals surface area contributed by atoms with E-state index in [1.54, 1.807) is 0 Å². The maximum Gasteiger partial charge on any atom is 0.327 e. The van der Waals surface area contributed by atoms with E-state index in [0.29, 0.717) is 19.9 Å². The summed E-state index contributed by atoms with van der Waals surface area (Å²) in [4.78, 5) is 18.7. The van der Waals surface area contributed by atoms with Gasteiger partial charge in [-0.3, -0.25) is 9.80 Å². The summed E-state index contributed by atoms with van der Waals surface area (Å²) in [6.07, 6.45) is 4.91. The molecule has 0 unspecified atom stereocenters. The second-order valence-electron chi connectivity index (χ2n) is 5.18. The highest BCUT2D eigenvalue weighted by Gasteiger charge is 2.32. The van der Waals surface area contributed by atoms with Crippen molar-refractivity contribution in [3.63, 3.8) is 0 Å². The van der Waals surface area contributed by atoms with Crippen LogP contribution in [0.5, 0.6) is 0 Å². The van der Waals surface area contributed by atoms with Gasteiger partial charge in [-0.05, 0) is 38.3 Å². The first-order chi connectivity index (χ1) is 10.1. The molecule has 2 rings (SSSR count). The molecule has 0 saturated carbocycles. The third-order valence-electron chi connectivity index (χ3n) is 3.80. The van der Waals surface area contributed by atoms with Gasteiger partial charge in [0.1, 0.15) is 5.00 Å². The summed E-state index contributed by atoms with van der Waals surface area (Å²) in [5.41, 5.74) is 2.23. The number of anilines is 1. The van der Waals surface area contributed by atoms with E-state index in [-0.39, 0.29) is 6.03 Å². The van der Waals surface area contributed by atoms with E-state index < -0.39 is 0 Å². The van der Waals surface area contributed by atoms with Crippen LogP contribution in [0.3, 0.4) is 0 Å². The van der Waals surface area contributed by atoms with Crippen molar-refractivity contribution in [3.8, 4) is 0 Å². The van der Waals surface area contributed by atoms with E-state index >= 15 is 0 Å². The molecule has 1 aliphatic rings. The predicted molar refractivity (Wildman–Crippen MR) is 87.7 cm³/mol. The minimum absolute atomic E-state index is 0.0761. The molecule has 1 aromatic rings. The van der Waals surface area contributed by atoms with Gasteiger partial charge in [0.25, 0.3) is 0 Å². The molecular weight excluding hydrogens is 284 g/mol. The van der Waals surface area contributed by atoms with Gasteiger partial charge in [-0.2, -0.15) is 4.37 Å². The number of rotatable bonds is 5. The van der Waals surface area contributed by atoms with Crippen LogP contribution in [-0.4, -0.2) is 46.6 Å². The number of urea groups is 1. The Morgan fingerprint density at radius 2 is 2.10 bits per heavy atom. The number of amides is 2. The summed E-state index contributed by atoms with van der Waals surface area (Å²) in [5, 5.41) is 0.987. The van der Waals surface area contributed by atoms with Gasteiger partial charge in [-0.15, -0.1) is 0 Å². The minimum Gasteiger partial charge on any atom is -0.308 e. The molecule has 6 heteroatoms. The number of aromatic nitrogens is 1. The number of carbonyl (C=O) groups excluding carboxylic acids is 1. The van der Waals surface area contributed by atoms with Crippen LogP contribution >= 0.6 is 11.5 Å². The zero-order valence-corrected chi connectivity index (χ0v) is 14.1. The smallest absolute Gasteiger partial charge is 0.308 e.